The van der Waals surface area contributed by atoms with Gasteiger partial charge in [0, 0.05) is 19.0 Å². The highest BCUT2D eigenvalue weighted by atomic mass is 16.5. The first kappa shape index (κ1) is 11.4. The monoisotopic (exact) mass is 174 g/mol. The third kappa shape index (κ3) is 4.31. The molecule has 72 valence electrons. The van der Waals surface area contributed by atoms with Crippen molar-refractivity contribution in [2.24, 2.45) is 5.73 Å². The van der Waals surface area contributed by atoms with E-state index in [9.17, 15) is 4.79 Å². The van der Waals surface area contributed by atoms with Gasteiger partial charge in [-0.2, -0.15) is 0 Å². The van der Waals surface area contributed by atoms with Gasteiger partial charge < -0.3 is 15.4 Å². The van der Waals surface area contributed by atoms with Gasteiger partial charge in [0.25, 0.3) is 0 Å². The quantitative estimate of drug-likeness (QED) is 0.588. The van der Waals surface area contributed by atoms with E-state index < -0.39 is 0 Å². The van der Waals surface area contributed by atoms with Crippen LogP contribution >= 0.6 is 0 Å². The maximum absolute atomic E-state index is 10.8. The van der Waals surface area contributed by atoms with Crippen molar-refractivity contribution in [2.45, 2.75) is 18.9 Å². The lowest BCUT2D eigenvalue weighted by Crippen LogP contribution is -2.35. The van der Waals surface area contributed by atoms with Gasteiger partial charge in [-0.25, -0.2) is 0 Å². The highest BCUT2D eigenvalue weighted by molar-refractivity contribution is 5.69. The van der Waals surface area contributed by atoms with Gasteiger partial charge in [0.1, 0.15) is 0 Å². The van der Waals surface area contributed by atoms with E-state index in [-0.39, 0.29) is 12.0 Å². The van der Waals surface area contributed by atoms with Crippen molar-refractivity contribution in [3.63, 3.8) is 0 Å². The summed E-state index contributed by atoms with van der Waals surface area (Å²) in [5, 5.41) is 0. The highest BCUT2D eigenvalue weighted by Gasteiger charge is 2.11. The van der Waals surface area contributed by atoms with Crippen LogP contribution in [0.2, 0.25) is 0 Å². The summed E-state index contributed by atoms with van der Waals surface area (Å²) in [5.41, 5.74) is 5.51. The fourth-order valence-corrected chi connectivity index (χ4v) is 0.973. The van der Waals surface area contributed by atoms with Crippen LogP contribution in [0.3, 0.4) is 0 Å². The summed E-state index contributed by atoms with van der Waals surface area (Å²) in [6.45, 7) is 0.573. The summed E-state index contributed by atoms with van der Waals surface area (Å²) >= 11 is 0. The Labute approximate surface area is 73.7 Å². The number of hydrogen-bond acceptors (Lipinski definition) is 4. The van der Waals surface area contributed by atoms with Gasteiger partial charge in [-0.05, 0) is 20.5 Å². The van der Waals surface area contributed by atoms with E-state index in [1.807, 2.05) is 19.0 Å². The molecule has 12 heavy (non-hydrogen) atoms. The number of methoxy groups -OCH3 is 1. The zero-order chi connectivity index (χ0) is 9.56. The van der Waals surface area contributed by atoms with Gasteiger partial charge in [-0.3, -0.25) is 4.79 Å². The molecule has 0 aliphatic heterocycles. The number of nitrogens with two attached hydrogens (primary N) is 1. The Kier molecular flexibility index (Phi) is 5.66. The van der Waals surface area contributed by atoms with Gasteiger partial charge in [0.2, 0.25) is 0 Å². The molecule has 0 radical (unpaired) electrons. The molecule has 0 spiro atoms. The molecular weight excluding hydrogens is 156 g/mol. The lowest BCUT2D eigenvalue weighted by molar-refractivity contribution is -0.140. The number of esters is 1. The minimum atomic E-state index is -0.171. The molecule has 2 N–H and O–H groups in total. The molecule has 4 heteroatoms. The van der Waals surface area contributed by atoms with Gasteiger partial charge >= 0.3 is 5.97 Å². The zero-order valence-corrected chi connectivity index (χ0v) is 8.04. The number of likely N-dealkylation sites (N-methyl/N-ethyl adjacent to an activating group) is 1. The Hall–Kier alpha value is -0.610. The molecule has 1 atom stereocenters. The number of ether oxygens (including phenoxy) is 1. The van der Waals surface area contributed by atoms with E-state index in [1.165, 1.54) is 7.11 Å². The maximum atomic E-state index is 10.8. The minimum absolute atomic E-state index is 0.171. The van der Waals surface area contributed by atoms with E-state index in [4.69, 9.17) is 5.73 Å². The molecule has 0 rings (SSSR count). The predicted molar refractivity (Wildman–Crippen MR) is 47.8 cm³/mol. The Morgan fingerprint density at radius 2 is 2.17 bits per heavy atom. The second kappa shape index (κ2) is 5.97. The van der Waals surface area contributed by atoms with Crippen LogP contribution in [-0.4, -0.2) is 44.7 Å². The van der Waals surface area contributed by atoms with Gasteiger partial charge in [-0.15, -0.1) is 0 Å². The summed E-state index contributed by atoms with van der Waals surface area (Å²) in [6, 6.07) is 0.268. The molecule has 0 unspecified atom stereocenters. The second-order valence-electron chi connectivity index (χ2n) is 2.97. The van der Waals surface area contributed by atoms with Gasteiger partial charge in [-0.1, -0.05) is 0 Å². The second-order valence-corrected chi connectivity index (χ2v) is 2.97. The summed E-state index contributed by atoms with van der Waals surface area (Å²) in [6.07, 6.45) is 1.20. The topological polar surface area (TPSA) is 55.6 Å². The predicted octanol–water partition coefficient (Wildman–Crippen LogP) is -0.171. The maximum Gasteiger partial charge on any atom is 0.305 e. The minimum Gasteiger partial charge on any atom is -0.469 e. The van der Waals surface area contributed by atoms with Crippen molar-refractivity contribution >= 4 is 5.97 Å². The number of nitrogens with zero attached hydrogens (tertiary/aromatic N) is 1. The van der Waals surface area contributed by atoms with Crippen LogP contribution in [0.15, 0.2) is 0 Å². The largest absolute Gasteiger partial charge is 0.469 e. The molecular formula is C8H18N2O2. The van der Waals surface area contributed by atoms with E-state index in [1.54, 1.807) is 0 Å². The lowest BCUT2D eigenvalue weighted by atomic mass is 10.1. The van der Waals surface area contributed by atoms with Crippen LogP contribution in [0.1, 0.15) is 12.8 Å². The standard InChI is InChI=1S/C8H18N2O2/c1-10(2)7(6-9)4-5-8(11)12-3/h7H,4-6,9H2,1-3H3/t7-/m0/s1. The molecule has 0 saturated heterocycles. The Morgan fingerprint density at radius 3 is 2.50 bits per heavy atom. The van der Waals surface area contributed by atoms with Crippen LogP contribution < -0.4 is 5.73 Å². The van der Waals surface area contributed by atoms with Gasteiger partial charge in [0.15, 0.2) is 0 Å². The molecule has 0 aromatic rings. The summed E-state index contributed by atoms with van der Waals surface area (Å²) < 4.78 is 4.53. The molecule has 4 nitrogen and oxygen atoms in total. The molecule has 0 aromatic carbocycles. The lowest BCUT2D eigenvalue weighted by Gasteiger charge is -2.21. The Bertz CT molecular complexity index is 137. The van der Waals surface area contributed by atoms with E-state index in [0.29, 0.717) is 13.0 Å². The smallest absolute Gasteiger partial charge is 0.305 e. The molecule has 0 aliphatic rings. The number of carbonyl (C=O) groups excluding carboxylic acids is 1. The van der Waals surface area contributed by atoms with Crippen molar-refractivity contribution in [3.05, 3.63) is 0 Å². The van der Waals surface area contributed by atoms with Gasteiger partial charge in [0.05, 0.1) is 7.11 Å². The first-order valence-electron chi connectivity index (χ1n) is 4.05. The molecule has 0 saturated carbocycles. The van der Waals surface area contributed by atoms with Crippen molar-refractivity contribution in [3.8, 4) is 0 Å². The number of rotatable bonds is 5. The fourth-order valence-electron chi connectivity index (χ4n) is 0.973. The summed E-state index contributed by atoms with van der Waals surface area (Å²) in [7, 11) is 5.30. The van der Waals surface area contributed by atoms with E-state index in [2.05, 4.69) is 4.74 Å². The van der Waals surface area contributed by atoms with E-state index >= 15 is 0 Å². The Morgan fingerprint density at radius 1 is 1.58 bits per heavy atom. The number of hydrogen-bond donors (Lipinski definition) is 1. The third-order valence-electron chi connectivity index (χ3n) is 1.91. The van der Waals surface area contributed by atoms with Crippen molar-refractivity contribution in [2.75, 3.05) is 27.7 Å². The molecule has 0 heterocycles. The van der Waals surface area contributed by atoms with E-state index in [0.717, 1.165) is 6.42 Å². The molecule has 0 amide bonds. The molecule has 0 aromatic heterocycles. The first-order valence-corrected chi connectivity index (χ1v) is 4.05. The van der Waals surface area contributed by atoms with Crippen molar-refractivity contribution in [1.29, 1.82) is 0 Å². The van der Waals surface area contributed by atoms with Crippen LogP contribution in [0.5, 0.6) is 0 Å². The summed E-state index contributed by atoms with van der Waals surface area (Å²) in [5.74, 6) is -0.171. The average molecular weight is 174 g/mol. The molecule has 0 aliphatic carbocycles. The SMILES string of the molecule is COC(=O)CC[C@@H](CN)N(C)C. The zero-order valence-electron chi connectivity index (χ0n) is 8.04. The first-order chi connectivity index (χ1) is 5.61. The highest BCUT2D eigenvalue weighted by Crippen LogP contribution is 2.02. The molecule has 0 fully saturated rings. The molecule has 0 bridgehead atoms. The normalized spacial score (nSPS) is 13.1. The van der Waals surface area contributed by atoms with Crippen molar-refractivity contribution in [1.82, 2.24) is 4.90 Å². The fraction of sp³-hybridized carbons (Fsp3) is 0.875. The number of carbonyl (C=O) groups is 1. The summed E-state index contributed by atoms with van der Waals surface area (Å²) in [4.78, 5) is 12.8. The van der Waals surface area contributed by atoms with Crippen LogP contribution in [-0.2, 0) is 9.53 Å². The average Bonchev–Trinajstić information content (AvgIpc) is 2.04. The van der Waals surface area contributed by atoms with Crippen molar-refractivity contribution < 1.29 is 9.53 Å². The Balaban J connectivity index is 3.65. The van der Waals surface area contributed by atoms with Crippen LogP contribution in [0.4, 0.5) is 0 Å². The van der Waals surface area contributed by atoms with Crippen LogP contribution in [0.25, 0.3) is 0 Å². The van der Waals surface area contributed by atoms with Crippen LogP contribution in [0, 0.1) is 0 Å². The third-order valence-corrected chi connectivity index (χ3v) is 1.91.